The first-order valence-electron chi connectivity index (χ1n) is 4.97. The van der Waals surface area contributed by atoms with Crippen LogP contribution in [0.4, 0.5) is 0 Å². The lowest BCUT2D eigenvalue weighted by atomic mass is 9.84. The van der Waals surface area contributed by atoms with Gasteiger partial charge in [-0.15, -0.1) is 0 Å². The fraction of sp³-hybridized carbons (Fsp3) is 0.250. The first-order chi connectivity index (χ1) is 7.53. The van der Waals surface area contributed by atoms with Gasteiger partial charge < -0.3 is 5.11 Å². The molecule has 1 N–H and O–H groups in total. The molecule has 0 saturated heterocycles. The van der Waals surface area contributed by atoms with Crippen LogP contribution in [-0.4, -0.2) is 21.0 Å². The number of aromatic nitrogens is 2. The van der Waals surface area contributed by atoms with Gasteiger partial charge in [0.15, 0.2) is 0 Å². The highest BCUT2D eigenvalue weighted by Gasteiger charge is 2.31. The van der Waals surface area contributed by atoms with Crippen molar-refractivity contribution in [1.82, 2.24) is 9.97 Å². The average Bonchev–Trinajstić information content (AvgIpc) is 2.28. The number of nitrogens with zero attached hydrogens (tertiary/aromatic N) is 2. The van der Waals surface area contributed by atoms with Crippen LogP contribution in [0.5, 0.6) is 0 Å². The zero-order valence-electron chi connectivity index (χ0n) is 9.14. The Bertz CT molecular complexity index is 544. The van der Waals surface area contributed by atoms with E-state index >= 15 is 0 Å². The molecule has 0 aliphatic carbocycles. The van der Waals surface area contributed by atoms with Gasteiger partial charge in [-0.3, -0.25) is 14.8 Å². The zero-order chi connectivity index (χ0) is 11.8. The molecular weight excluding hydrogens is 204 g/mol. The minimum atomic E-state index is -0.963. The Balaban J connectivity index is 2.74. The molecule has 0 aliphatic rings. The third-order valence-corrected chi connectivity index (χ3v) is 2.70. The van der Waals surface area contributed by atoms with Gasteiger partial charge in [-0.05, 0) is 37.6 Å². The molecule has 16 heavy (non-hydrogen) atoms. The van der Waals surface area contributed by atoms with Gasteiger partial charge in [-0.1, -0.05) is 0 Å². The van der Waals surface area contributed by atoms with Crippen molar-refractivity contribution in [1.29, 1.82) is 0 Å². The van der Waals surface area contributed by atoms with Crippen LogP contribution in [0.1, 0.15) is 19.4 Å². The molecule has 2 rings (SSSR count). The second kappa shape index (κ2) is 3.56. The SMILES string of the molecule is CC(C)(C(=O)O)c1ccnc2cccnc12. The van der Waals surface area contributed by atoms with Crippen LogP contribution >= 0.6 is 0 Å². The number of carboxylic acids is 1. The Kier molecular flexibility index (Phi) is 2.34. The second-order valence-electron chi connectivity index (χ2n) is 4.16. The molecule has 4 heteroatoms. The van der Waals surface area contributed by atoms with Gasteiger partial charge in [-0.25, -0.2) is 0 Å². The van der Waals surface area contributed by atoms with E-state index in [1.807, 2.05) is 6.07 Å². The van der Waals surface area contributed by atoms with E-state index in [1.165, 1.54) is 0 Å². The van der Waals surface area contributed by atoms with Crippen LogP contribution in [-0.2, 0) is 10.2 Å². The van der Waals surface area contributed by atoms with E-state index in [-0.39, 0.29) is 0 Å². The van der Waals surface area contributed by atoms with E-state index in [0.29, 0.717) is 16.6 Å². The Labute approximate surface area is 93.0 Å². The summed E-state index contributed by atoms with van der Waals surface area (Å²) in [5.74, 6) is -0.870. The maximum Gasteiger partial charge on any atom is 0.313 e. The Morgan fingerprint density at radius 2 is 2.00 bits per heavy atom. The third-order valence-electron chi connectivity index (χ3n) is 2.70. The minimum Gasteiger partial charge on any atom is -0.481 e. The van der Waals surface area contributed by atoms with Gasteiger partial charge in [0, 0.05) is 12.4 Å². The van der Waals surface area contributed by atoms with Crippen molar-refractivity contribution < 1.29 is 9.90 Å². The molecule has 0 amide bonds. The first-order valence-corrected chi connectivity index (χ1v) is 4.97. The molecule has 4 nitrogen and oxygen atoms in total. The first kappa shape index (κ1) is 10.5. The fourth-order valence-electron chi connectivity index (χ4n) is 1.60. The Hall–Kier alpha value is -1.97. The summed E-state index contributed by atoms with van der Waals surface area (Å²) < 4.78 is 0. The summed E-state index contributed by atoms with van der Waals surface area (Å²) in [7, 11) is 0. The quantitative estimate of drug-likeness (QED) is 0.833. The number of pyridine rings is 2. The summed E-state index contributed by atoms with van der Waals surface area (Å²) in [6, 6.07) is 5.32. The number of hydrogen-bond acceptors (Lipinski definition) is 3. The van der Waals surface area contributed by atoms with Crippen molar-refractivity contribution >= 4 is 17.0 Å². The molecular formula is C12H12N2O2. The summed E-state index contributed by atoms with van der Waals surface area (Å²) in [4.78, 5) is 19.6. The van der Waals surface area contributed by atoms with Crippen LogP contribution in [0, 0.1) is 0 Å². The number of aliphatic carboxylic acids is 1. The van der Waals surface area contributed by atoms with Gasteiger partial charge in [0.05, 0.1) is 16.4 Å². The van der Waals surface area contributed by atoms with E-state index in [2.05, 4.69) is 9.97 Å². The lowest BCUT2D eigenvalue weighted by Crippen LogP contribution is -2.29. The van der Waals surface area contributed by atoms with Crippen molar-refractivity contribution in [3.63, 3.8) is 0 Å². The van der Waals surface area contributed by atoms with Gasteiger partial charge in [0.2, 0.25) is 0 Å². The van der Waals surface area contributed by atoms with Crippen LogP contribution in [0.2, 0.25) is 0 Å². The van der Waals surface area contributed by atoms with Gasteiger partial charge in [0.25, 0.3) is 0 Å². The van der Waals surface area contributed by atoms with Gasteiger partial charge >= 0.3 is 5.97 Å². The zero-order valence-corrected chi connectivity index (χ0v) is 9.14. The molecule has 0 aromatic carbocycles. The maximum absolute atomic E-state index is 11.2. The number of hydrogen-bond donors (Lipinski definition) is 1. The summed E-state index contributed by atoms with van der Waals surface area (Å²) >= 11 is 0. The Morgan fingerprint density at radius 1 is 1.25 bits per heavy atom. The summed E-state index contributed by atoms with van der Waals surface area (Å²) in [6.45, 7) is 3.33. The summed E-state index contributed by atoms with van der Waals surface area (Å²) in [6.07, 6.45) is 3.26. The van der Waals surface area contributed by atoms with Crippen LogP contribution in [0.25, 0.3) is 11.0 Å². The molecule has 0 atom stereocenters. The lowest BCUT2D eigenvalue weighted by molar-refractivity contribution is -0.142. The summed E-state index contributed by atoms with van der Waals surface area (Å²) in [5, 5.41) is 9.21. The molecule has 0 spiro atoms. The van der Waals surface area contributed by atoms with Crippen LogP contribution < -0.4 is 0 Å². The topological polar surface area (TPSA) is 63.1 Å². The molecule has 0 saturated carbocycles. The second-order valence-corrected chi connectivity index (χ2v) is 4.16. The highest BCUT2D eigenvalue weighted by Crippen LogP contribution is 2.28. The van der Waals surface area contributed by atoms with E-state index in [4.69, 9.17) is 0 Å². The number of carboxylic acid groups (broad SMARTS) is 1. The molecule has 0 unspecified atom stereocenters. The van der Waals surface area contributed by atoms with E-state index in [1.54, 1.807) is 38.4 Å². The maximum atomic E-state index is 11.2. The van der Waals surface area contributed by atoms with Crippen molar-refractivity contribution in [2.24, 2.45) is 0 Å². The predicted octanol–water partition coefficient (Wildman–Crippen LogP) is 1.99. The fourth-order valence-corrected chi connectivity index (χ4v) is 1.60. The normalized spacial score (nSPS) is 11.6. The van der Waals surface area contributed by atoms with E-state index in [0.717, 1.165) is 0 Å². The van der Waals surface area contributed by atoms with Gasteiger partial charge in [-0.2, -0.15) is 0 Å². The van der Waals surface area contributed by atoms with E-state index in [9.17, 15) is 9.90 Å². The van der Waals surface area contributed by atoms with E-state index < -0.39 is 11.4 Å². The third kappa shape index (κ3) is 1.52. The number of carbonyl (C=O) groups is 1. The van der Waals surface area contributed by atoms with Crippen molar-refractivity contribution in [2.45, 2.75) is 19.3 Å². The highest BCUT2D eigenvalue weighted by atomic mass is 16.4. The molecule has 0 bridgehead atoms. The molecule has 2 aromatic heterocycles. The van der Waals surface area contributed by atoms with Crippen LogP contribution in [0.3, 0.4) is 0 Å². The lowest BCUT2D eigenvalue weighted by Gasteiger charge is -2.20. The minimum absolute atomic E-state index is 0.650. The molecule has 0 radical (unpaired) electrons. The molecule has 2 heterocycles. The largest absolute Gasteiger partial charge is 0.481 e. The molecule has 0 aliphatic heterocycles. The molecule has 82 valence electrons. The monoisotopic (exact) mass is 216 g/mol. The molecule has 0 fully saturated rings. The Morgan fingerprint density at radius 3 is 2.69 bits per heavy atom. The van der Waals surface area contributed by atoms with Crippen molar-refractivity contribution in [3.8, 4) is 0 Å². The predicted molar refractivity (Wildman–Crippen MR) is 60.2 cm³/mol. The molecule has 2 aromatic rings. The average molecular weight is 216 g/mol. The highest BCUT2D eigenvalue weighted by molar-refractivity contribution is 5.88. The standard InChI is InChI=1S/C12H12N2O2/c1-12(2,11(15)16)8-5-7-13-9-4-3-6-14-10(8)9/h3-7H,1-2H3,(H,15,16). The number of fused-ring (bicyclic) bond motifs is 1. The van der Waals surface area contributed by atoms with Gasteiger partial charge in [0.1, 0.15) is 0 Å². The summed E-state index contributed by atoms with van der Waals surface area (Å²) in [5.41, 5.74) is 1.09. The van der Waals surface area contributed by atoms with Crippen LogP contribution in [0.15, 0.2) is 30.6 Å². The smallest absolute Gasteiger partial charge is 0.313 e. The van der Waals surface area contributed by atoms with Crippen molar-refractivity contribution in [2.75, 3.05) is 0 Å². The van der Waals surface area contributed by atoms with Crippen molar-refractivity contribution in [3.05, 3.63) is 36.2 Å². The number of rotatable bonds is 2.